The minimum absolute atomic E-state index is 0.0438. The van der Waals surface area contributed by atoms with E-state index in [1.807, 2.05) is 42.5 Å². The number of benzene rings is 2. The van der Waals surface area contributed by atoms with Gasteiger partial charge < -0.3 is 14.8 Å². The molecule has 5 nitrogen and oxygen atoms in total. The van der Waals surface area contributed by atoms with Crippen molar-refractivity contribution < 1.29 is 19.1 Å². The molecule has 2 aromatic rings. The van der Waals surface area contributed by atoms with Crippen LogP contribution in [-0.2, 0) is 29.0 Å². The number of hydrogen-bond donors (Lipinski definition) is 1. The highest BCUT2D eigenvalue weighted by Gasteiger charge is 2.29. The molecule has 0 atom stereocenters. The van der Waals surface area contributed by atoms with E-state index in [9.17, 15) is 9.59 Å². The summed E-state index contributed by atoms with van der Waals surface area (Å²) in [4.78, 5) is 24.5. The lowest BCUT2D eigenvalue weighted by Crippen LogP contribution is -2.39. The van der Waals surface area contributed by atoms with Gasteiger partial charge in [0.2, 0.25) is 0 Å². The number of nitrogens with one attached hydrogen (secondary N) is 1. The van der Waals surface area contributed by atoms with Gasteiger partial charge in [0, 0.05) is 6.04 Å². The van der Waals surface area contributed by atoms with Gasteiger partial charge in [0.1, 0.15) is 12.4 Å². The van der Waals surface area contributed by atoms with Crippen molar-refractivity contribution in [3.63, 3.8) is 0 Å². The van der Waals surface area contributed by atoms with Crippen LogP contribution < -0.4 is 10.1 Å². The fraction of sp³-hybridized carbons (Fsp3) is 0.417. The number of carbonyl (C=O) groups excluding carboxylic acids is 2. The molecule has 0 unspecified atom stereocenters. The van der Waals surface area contributed by atoms with Gasteiger partial charge in [0.05, 0.1) is 5.92 Å². The van der Waals surface area contributed by atoms with Crippen molar-refractivity contribution in [1.82, 2.24) is 5.32 Å². The van der Waals surface area contributed by atoms with Gasteiger partial charge in [-0.3, -0.25) is 4.79 Å². The monoisotopic (exact) mass is 393 g/mol. The van der Waals surface area contributed by atoms with Gasteiger partial charge in [-0.05, 0) is 73.8 Å². The smallest absolute Gasteiger partial charge is 0.407 e. The number of rotatable bonds is 5. The molecule has 152 valence electrons. The second-order valence-electron chi connectivity index (χ2n) is 7.96. The zero-order chi connectivity index (χ0) is 20.1. The lowest BCUT2D eigenvalue weighted by Gasteiger charge is -2.27. The van der Waals surface area contributed by atoms with Crippen molar-refractivity contribution >= 4 is 12.1 Å². The first-order chi connectivity index (χ1) is 14.2. The minimum Gasteiger partial charge on any atom is -0.445 e. The highest BCUT2D eigenvalue weighted by molar-refractivity contribution is 5.75. The molecule has 1 saturated carbocycles. The first-order valence-corrected chi connectivity index (χ1v) is 10.5. The van der Waals surface area contributed by atoms with Crippen LogP contribution in [0.2, 0.25) is 0 Å². The summed E-state index contributed by atoms with van der Waals surface area (Å²) in [6, 6.07) is 15.6. The molecule has 0 radical (unpaired) electrons. The molecule has 29 heavy (non-hydrogen) atoms. The third kappa shape index (κ3) is 5.17. The highest BCUT2D eigenvalue weighted by Crippen LogP contribution is 2.29. The van der Waals surface area contributed by atoms with Crippen LogP contribution in [0.5, 0.6) is 5.75 Å². The lowest BCUT2D eigenvalue weighted by molar-refractivity contribution is -0.140. The molecule has 0 heterocycles. The molecule has 2 aliphatic carbocycles. The van der Waals surface area contributed by atoms with Crippen molar-refractivity contribution in [2.45, 2.75) is 57.6 Å². The first-order valence-electron chi connectivity index (χ1n) is 10.5. The number of amides is 1. The van der Waals surface area contributed by atoms with E-state index in [0.29, 0.717) is 18.6 Å². The fourth-order valence-electron chi connectivity index (χ4n) is 4.22. The summed E-state index contributed by atoms with van der Waals surface area (Å²) >= 11 is 0. The number of esters is 1. The Bertz CT molecular complexity index is 856. The number of fused-ring (bicyclic) bond motifs is 1. The van der Waals surface area contributed by atoms with Crippen LogP contribution in [0.1, 0.15) is 48.8 Å². The number of alkyl carbamates (subject to hydrolysis) is 1. The second-order valence-corrected chi connectivity index (χ2v) is 7.96. The Kier molecular flexibility index (Phi) is 6.13. The molecule has 1 N–H and O–H groups in total. The van der Waals surface area contributed by atoms with Crippen molar-refractivity contribution in [3.05, 3.63) is 65.2 Å². The summed E-state index contributed by atoms with van der Waals surface area (Å²) in [5.41, 5.74) is 3.63. The van der Waals surface area contributed by atoms with Crippen molar-refractivity contribution in [2.75, 3.05) is 0 Å². The van der Waals surface area contributed by atoms with Crippen LogP contribution in [0, 0.1) is 5.92 Å². The van der Waals surface area contributed by atoms with Crippen LogP contribution >= 0.6 is 0 Å². The number of hydrogen-bond acceptors (Lipinski definition) is 4. The fourth-order valence-corrected chi connectivity index (χ4v) is 4.22. The van der Waals surface area contributed by atoms with Crippen molar-refractivity contribution in [3.8, 4) is 5.75 Å². The largest absolute Gasteiger partial charge is 0.445 e. The van der Waals surface area contributed by atoms with Crippen LogP contribution in [0.3, 0.4) is 0 Å². The summed E-state index contributed by atoms with van der Waals surface area (Å²) in [6.07, 6.45) is 5.90. The van der Waals surface area contributed by atoms with Gasteiger partial charge in [-0.2, -0.15) is 0 Å². The van der Waals surface area contributed by atoms with E-state index in [-0.39, 0.29) is 24.5 Å². The molecule has 2 aromatic carbocycles. The van der Waals surface area contributed by atoms with Gasteiger partial charge in [-0.1, -0.05) is 36.4 Å². The van der Waals surface area contributed by atoms with Gasteiger partial charge >= 0.3 is 12.1 Å². The number of ether oxygens (including phenoxy) is 2. The standard InChI is InChI=1S/C24H27NO4/c26-23(29-22-14-11-18-7-4-8-20(18)15-22)19-9-12-21(13-10-19)25-24(27)28-16-17-5-2-1-3-6-17/h1-3,5-6,11,14-15,19,21H,4,7-10,12-13,16H2,(H,25,27)/t19-,21+. The third-order valence-corrected chi connectivity index (χ3v) is 5.88. The average molecular weight is 393 g/mol. The van der Waals surface area contributed by atoms with Gasteiger partial charge in [0.25, 0.3) is 0 Å². The zero-order valence-electron chi connectivity index (χ0n) is 16.6. The minimum atomic E-state index is -0.405. The van der Waals surface area contributed by atoms with Crippen LogP contribution in [-0.4, -0.2) is 18.1 Å². The average Bonchev–Trinajstić information content (AvgIpc) is 3.21. The summed E-state index contributed by atoms with van der Waals surface area (Å²) in [6.45, 7) is 0.259. The van der Waals surface area contributed by atoms with E-state index < -0.39 is 6.09 Å². The molecule has 2 aliphatic rings. The molecule has 1 amide bonds. The predicted molar refractivity (Wildman–Crippen MR) is 110 cm³/mol. The Hall–Kier alpha value is -2.82. The molecular formula is C24H27NO4. The number of carbonyl (C=O) groups is 2. The summed E-state index contributed by atoms with van der Waals surface area (Å²) in [5.74, 6) is 0.384. The second kappa shape index (κ2) is 9.12. The molecule has 4 rings (SSSR count). The maximum atomic E-state index is 12.5. The van der Waals surface area contributed by atoms with E-state index in [0.717, 1.165) is 31.2 Å². The normalized spacial score (nSPS) is 20.6. The molecule has 0 aromatic heterocycles. The topological polar surface area (TPSA) is 64.6 Å². The summed E-state index contributed by atoms with van der Waals surface area (Å²) in [7, 11) is 0. The summed E-state index contributed by atoms with van der Waals surface area (Å²) < 4.78 is 10.9. The molecule has 1 fully saturated rings. The van der Waals surface area contributed by atoms with Crippen LogP contribution in [0.4, 0.5) is 4.79 Å². The highest BCUT2D eigenvalue weighted by atomic mass is 16.5. The maximum absolute atomic E-state index is 12.5. The maximum Gasteiger partial charge on any atom is 0.407 e. The van der Waals surface area contributed by atoms with E-state index in [1.54, 1.807) is 0 Å². The quantitative estimate of drug-likeness (QED) is 0.597. The molecule has 0 aliphatic heterocycles. The Morgan fingerprint density at radius 3 is 2.48 bits per heavy atom. The zero-order valence-corrected chi connectivity index (χ0v) is 16.6. The van der Waals surface area contributed by atoms with Gasteiger partial charge in [0.15, 0.2) is 0 Å². The molecular weight excluding hydrogens is 366 g/mol. The number of aryl methyl sites for hydroxylation is 2. The molecule has 0 bridgehead atoms. The molecule has 0 saturated heterocycles. The van der Waals surface area contributed by atoms with E-state index in [4.69, 9.17) is 9.47 Å². The van der Waals surface area contributed by atoms with E-state index >= 15 is 0 Å². The molecule has 5 heteroatoms. The Balaban J connectivity index is 1.19. The summed E-state index contributed by atoms with van der Waals surface area (Å²) in [5, 5.41) is 2.91. The van der Waals surface area contributed by atoms with Crippen LogP contribution in [0.15, 0.2) is 48.5 Å². The SMILES string of the molecule is O=C(N[C@H]1CC[C@@H](C(=O)Oc2ccc3c(c2)CCC3)CC1)OCc1ccccc1. The predicted octanol–water partition coefficient (Wildman–Crippen LogP) is 4.57. The van der Waals surface area contributed by atoms with Gasteiger partial charge in [-0.25, -0.2) is 4.79 Å². The lowest BCUT2D eigenvalue weighted by atomic mass is 9.86. The Morgan fingerprint density at radius 2 is 1.69 bits per heavy atom. The Labute approximate surface area is 171 Å². The first kappa shape index (κ1) is 19.5. The van der Waals surface area contributed by atoms with E-state index in [2.05, 4.69) is 11.4 Å². The van der Waals surface area contributed by atoms with Crippen molar-refractivity contribution in [1.29, 1.82) is 0 Å². The molecule has 0 spiro atoms. The van der Waals surface area contributed by atoms with E-state index in [1.165, 1.54) is 17.5 Å². The van der Waals surface area contributed by atoms with Gasteiger partial charge in [-0.15, -0.1) is 0 Å². The van der Waals surface area contributed by atoms with Crippen LogP contribution in [0.25, 0.3) is 0 Å². The Morgan fingerprint density at radius 1 is 0.931 bits per heavy atom. The third-order valence-electron chi connectivity index (χ3n) is 5.88. The van der Waals surface area contributed by atoms with Crippen molar-refractivity contribution in [2.24, 2.45) is 5.92 Å².